The quantitative estimate of drug-likeness (QED) is 0.497. The highest BCUT2D eigenvalue weighted by molar-refractivity contribution is 5.79. The second kappa shape index (κ2) is 8.80. The fraction of sp³-hybridized carbons (Fsp3) is 0.333. The number of benzene rings is 1. The van der Waals surface area contributed by atoms with Gasteiger partial charge >= 0.3 is 0 Å². The molecule has 2 heterocycles. The summed E-state index contributed by atoms with van der Waals surface area (Å²) in [6, 6.07) is 9.83. The van der Waals surface area contributed by atoms with Crippen molar-refractivity contribution in [1.29, 1.82) is 0 Å². The standard InChI is InChI=1S/C18H23N7O/c1-3-16-24-22-13-25(16)10-9-20-18(19-2)21-11-15-12-26-17(23-15)14-7-5-4-6-8-14/h4-8,12-13H,3,9-11H2,1-2H3,(H2,19,20,21). The monoisotopic (exact) mass is 353 g/mol. The summed E-state index contributed by atoms with van der Waals surface area (Å²) in [6.45, 7) is 4.09. The molecule has 0 unspecified atom stereocenters. The van der Waals surface area contributed by atoms with Crippen LogP contribution in [-0.2, 0) is 19.5 Å². The van der Waals surface area contributed by atoms with E-state index in [4.69, 9.17) is 4.42 Å². The zero-order chi connectivity index (χ0) is 18.2. The first-order valence-corrected chi connectivity index (χ1v) is 8.61. The maximum atomic E-state index is 5.54. The van der Waals surface area contributed by atoms with Gasteiger partial charge in [-0.1, -0.05) is 25.1 Å². The van der Waals surface area contributed by atoms with E-state index < -0.39 is 0 Å². The summed E-state index contributed by atoms with van der Waals surface area (Å²) in [4.78, 5) is 8.72. The van der Waals surface area contributed by atoms with E-state index in [2.05, 4.69) is 37.7 Å². The number of aliphatic imine (C=N–C) groups is 1. The summed E-state index contributed by atoms with van der Waals surface area (Å²) in [6.07, 6.45) is 4.27. The molecule has 0 aliphatic heterocycles. The van der Waals surface area contributed by atoms with Crippen LogP contribution in [0.5, 0.6) is 0 Å². The molecule has 0 amide bonds. The largest absolute Gasteiger partial charge is 0.444 e. The summed E-state index contributed by atoms with van der Waals surface area (Å²) in [7, 11) is 1.74. The van der Waals surface area contributed by atoms with Gasteiger partial charge in [0.15, 0.2) is 5.96 Å². The van der Waals surface area contributed by atoms with E-state index >= 15 is 0 Å². The van der Waals surface area contributed by atoms with Crippen LogP contribution in [0.4, 0.5) is 0 Å². The van der Waals surface area contributed by atoms with Crippen molar-refractivity contribution in [3.63, 3.8) is 0 Å². The summed E-state index contributed by atoms with van der Waals surface area (Å²) < 4.78 is 7.58. The molecule has 2 aromatic heterocycles. The Balaban J connectivity index is 1.48. The van der Waals surface area contributed by atoms with Crippen molar-refractivity contribution in [2.24, 2.45) is 4.99 Å². The Hall–Kier alpha value is -3.16. The zero-order valence-electron chi connectivity index (χ0n) is 15.0. The molecule has 136 valence electrons. The number of nitrogens with zero attached hydrogens (tertiary/aromatic N) is 5. The second-order valence-corrected chi connectivity index (χ2v) is 5.66. The van der Waals surface area contributed by atoms with Gasteiger partial charge in [-0.05, 0) is 12.1 Å². The van der Waals surface area contributed by atoms with Crippen LogP contribution in [-0.4, -0.2) is 39.3 Å². The Labute approximate surface area is 152 Å². The summed E-state index contributed by atoms with van der Waals surface area (Å²) in [5.41, 5.74) is 1.78. The summed E-state index contributed by atoms with van der Waals surface area (Å²) in [5, 5.41) is 14.5. The van der Waals surface area contributed by atoms with Crippen molar-refractivity contribution in [3.05, 3.63) is 54.4 Å². The van der Waals surface area contributed by atoms with E-state index in [1.165, 1.54) is 0 Å². The molecular weight excluding hydrogens is 330 g/mol. The first-order chi connectivity index (χ1) is 12.8. The SMILES string of the molecule is CCc1nncn1CCNC(=NC)NCc1coc(-c2ccccc2)n1. The van der Waals surface area contributed by atoms with E-state index in [1.807, 2.05) is 34.9 Å². The third-order valence-electron chi connectivity index (χ3n) is 3.89. The fourth-order valence-electron chi connectivity index (χ4n) is 2.53. The van der Waals surface area contributed by atoms with Gasteiger partial charge < -0.3 is 19.6 Å². The highest BCUT2D eigenvalue weighted by atomic mass is 16.3. The van der Waals surface area contributed by atoms with Crippen molar-refractivity contribution in [2.75, 3.05) is 13.6 Å². The minimum Gasteiger partial charge on any atom is -0.444 e. The van der Waals surface area contributed by atoms with Gasteiger partial charge in [0.05, 0.1) is 12.2 Å². The van der Waals surface area contributed by atoms with Crippen LogP contribution in [0.15, 0.2) is 52.3 Å². The predicted octanol–water partition coefficient (Wildman–Crippen LogP) is 1.86. The minimum absolute atomic E-state index is 0.531. The van der Waals surface area contributed by atoms with Gasteiger partial charge in [-0.3, -0.25) is 4.99 Å². The minimum atomic E-state index is 0.531. The Morgan fingerprint density at radius 2 is 2.08 bits per heavy atom. The molecule has 2 N–H and O–H groups in total. The van der Waals surface area contributed by atoms with E-state index in [-0.39, 0.29) is 0 Å². The van der Waals surface area contributed by atoms with E-state index in [0.29, 0.717) is 18.4 Å². The molecule has 3 rings (SSSR count). The Morgan fingerprint density at radius 3 is 2.85 bits per heavy atom. The lowest BCUT2D eigenvalue weighted by Gasteiger charge is -2.11. The number of guanidine groups is 1. The van der Waals surface area contributed by atoms with Crippen LogP contribution >= 0.6 is 0 Å². The number of rotatable bonds is 7. The van der Waals surface area contributed by atoms with E-state index in [1.54, 1.807) is 19.6 Å². The lowest BCUT2D eigenvalue weighted by Crippen LogP contribution is -2.38. The van der Waals surface area contributed by atoms with Gasteiger partial charge in [-0.2, -0.15) is 0 Å². The highest BCUT2D eigenvalue weighted by Crippen LogP contribution is 2.17. The number of hydrogen-bond donors (Lipinski definition) is 2. The lowest BCUT2D eigenvalue weighted by molar-refractivity contribution is 0.572. The Bertz CT molecular complexity index is 838. The number of oxazole rings is 1. The smallest absolute Gasteiger partial charge is 0.226 e. The Morgan fingerprint density at radius 1 is 1.23 bits per heavy atom. The van der Waals surface area contributed by atoms with E-state index in [9.17, 15) is 0 Å². The third-order valence-corrected chi connectivity index (χ3v) is 3.89. The predicted molar refractivity (Wildman–Crippen MR) is 99.5 cm³/mol. The number of hydrogen-bond acceptors (Lipinski definition) is 5. The molecule has 0 bridgehead atoms. The van der Waals surface area contributed by atoms with Crippen molar-refractivity contribution in [1.82, 2.24) is 30.4 Å². The normalized spacial score (nSPS) is 11.5. The first-order valence-electron chi connectivity index (χ1n) is 8.61. The molecule has 0 atom stereocenters. The van der Waals surface area contributed by atoms with Gasteiger partial charge in [-0.25, -0.2) is 4.98 Å². The van der Waals surface area contributed by atoms with Gasteiger partial charge in [0.2, 0.25) is 5.89 Å². The molecule has 0 saturated carbocycles. The molecular formula is C18H23N7O. The van der Waals surface area contributed by atoms with Gasteiger partial charge in [-0.15, -0.1) is 10.2 Å². The molecule has 1 aromatic carbocycles. The molecule has 0 radical (unpaired) electrons. The molecule has 0 fully saturated rings. The fourth-order valence-corrected chi connectivity index (χ4v) is 2.53. The van der Waals surface area contributed by atoms with Gasteiger partial charge in [0, 0.05) is 32.1 Å². The highest BCUT2D eigenvalue weighted by Gasteiger charge is 2.07. The molecule has 0 saturated heterocycles. The maximum absolute atomic E-state index is 5.54. The van der Waals surface area contributed by atoms with E-state index in [0.717, 1.165) is 36.6 Å². The second-order valence-electron chi connectivity index (χ2n) is 5.66. The van der Waals surface area contributed by atoms with Crippen LogP contribution < -0.4 is 10.6 Å². The molecule has 26 heavy (non-hydrogen) atoms. The van der Waals surface area contributed by atoms with Crippen molar-refractivity contribution in [3.8, 4) is 11.5 Å². The van der Waals surface area contributed by atoms with Crippen LogP contribution in [0.25, 0.3) is 11.5 Å². The number of aromatic nitrogens is 4. The van der Waals surface area contributed by atoms with Crippen LogP contribution in [0.2, 0.25) is 0 Å². The molecule has 0 aliphatic rings. The third kappa shape index (κ3) is 4.47. The summed E-state index contributed by atoms with van der Waals surface area (Å²) in [5.74, 6) is 2.30. The van der Waals surface area contributed by atoms with Crippen LogP contribution in [0.3, 0.4) is 0 Å². The van der Waals surface area contributed by atoms with Gasteiger partial charge in [0.1, 0.15) is 18.4 Å². The van der Waals surface area contributed by atoms with Crippen molar-refractivity contribution >= 4 is 5.96 Å². The molecule has 8 heteroatoms. The van der Waals surface area contributed by atoms with Crippen molar-refractivity contribution < 1.29 is 4.42 Å². The van der Waals surface area contributed by atoms with Crippen molar-refractivity contribution in [2.45, 2.75) is 26.4 Å². The first kappa shape index (κ1) is 17.7. The maximum Gasteiger partial charge on any atom is 0.226 e. The van der Waals surface area contributed by atoms with Crippen LogP contribution in [0, 0.1) is 0 Å². The number of nitrogens with one attached hydrogen (secondary N) is 2. The molecule has 8 nitrogen and oxygen atoms in total. The molecule has 0 aliphatic carbocycles. The zero-order valence-corrected chi connectivity index (χ0v) is 15.0. The molecule has 3 aromatic rings. The average Bonchev–Trinajstić information content (AvgIpc) is 3.34. The Kier molecular flexibility index (Phi) is 5.97. The summed E-state index contributed by atoms with van der Waals surface area (Å²) >= 11 is 0. The van der Waals surface area contributed by atoms with Gasteiger partial charge in [0.25, 0.3) is 0 Å². The number of aryl methyl sites for hydroxylation is 1. The lowest BCUT2D eigenvalue weighted by atomic mass is 10.2. The average molecular weight is 353 g/mol. The topological polar surface area (TPSA) is 93.2 Å². The van der Waals surface area contributed by atoms with Crippen LogP contribution in [0.1, 0.15) is 18.4 Å². The molecule has 0 spiro atoms.